The second-order valence-electron chi connectivity index (χ2n) is 3.71. The van der Waals surface area contributed by atoms with Crippen LogP contribution in [0.5, 0.6) is 0 Å². The quantitative estimate of drug-likeness (QED) is 0.724. The van der Waals surface area contributed by atoms with Crippen LogP contribution in [0.1, 0.15) is 0 Å². The molecule has 5 nitrogen and oxygen atoms in total. The Bertz CT molecular complexity index is 338. The SMILES string of the molecule is C#CCN(CC(=O)O)C(=O)NCC1CSCCS1. The van der Waals surface area contributed by atoms with Crippen molar-refractivity contribution in [1.29, 1.82) is 0 Å². The third-order valence-electron chi connectivity index (χ3n) is 2.26. The van der Waals surface area contributed by atoms with E-state index in [9.17, 15) is 9.59 Å². The molecule has 0 aliphatic carbocycles. The predicted octanol–water partition coefficient (Wildman–Crippen LogP) is 0.564. The Morgan fingerprint density at radius 3 is 2.83 bits per heavy atom. The Hall–Kier alpha value is -1.000. The van der Waals surface area contributed by atoms with Crippen molar-refractivity contribution in [3.8, 4) is 12.3 Å². The number of hydrogen-bond acceptors (Lipinski definition) is 4. The number of nitrogens with one attached hydrogen (secondary N) is 1. The first-order chi connectivity index (χ1) is 8.63. The Balaban J connectivity index is 2.35. The highest BCUT2D eigenvalue weighted by Crippen LogP contribution is 2.23. The molecule has 1 unspecified atom stereocenters. The Morgan fingerprint density at radius 2 is 2.28 bits per heavy atom. The number of aliphatic carboxylic acids is 1. The molecular formula is C11H16N2O3S2. The molecular weight excluding hydrogens is 272 g/mol. The number of nitrogens with zero attached hydrogens (tertiary/aromatic N) is 1. The maximum Gasteiger partial charge on any atom is 0.323 e. The first-order valence-electron chi connectivity index (χ1n) is 5.51. The maximum absolute atomic E-state index is 11.8. The fourth-order valence-electron chi connectivity index (χ4n) is 1.44. The van der Waals surface area contributed by atoms with Crippen LogP contribution < -0.4 is 5.32 Å². The summed E-state index contributed by atoms with van der Waals surface area (Å²) in [6.45, 7) is 0.185. The number of urea groups is 1. The van der Waals surface area contributed by atoms with Gasteiger partial charge in [-0.15, -0.1) is 6.42 Å². The van der Waals surface area contributed by atoms with E-state index in [1.165, 1.54) is 0 Å². The van der Waals surface area contributed by atoms with Gasteiger partial charge in [0.15, 0.2) is 0 Å². The van der Waals surface area contributed by atoms with Gasteiger partial charge in [0.1, 0.15) is 6.54 Å². The van der Waals surface area contributed by atoms with Crippen LogP contribution in [0.2, 0.25) is 0 Å². The average molecular weight is 288 g/mol. The molecule has 0 aromatic carbocycles. The van der Waals surface area contributed by atoms with Crippen LogP contribution in [-0.4, -0.2) is 64.1 Å². The molecule has 0 spiro atoms. The van der Waals surface area contributed by atoms with E-state index >= 15 is 0 Å². The van der Waals surface area contributed by atoms with E-state index in [1.54, 1.807) is 0 Å². The number of carbonyl (C=O) groups is 2. The normalized spacial score (nSPS) is 18.7. The van der Waals surface area contributed by atoms with Crippen molar-refractivity contribution < 1.29 is 14.7 Å². The van der Waals surface area contributed by atoms with E-state index in [0.717, 1.165) is 22.2 Å². The summed E-state index contributed by atoms with van der Waals surface area (Å²) in [5.41, 5.74) is 0. The number of terminal acetylenes is 1. The number of carboxylic acid groups (broad SMARTS) is 1. The van der Waals surface area contributed by atoms with Crippen LogP contribution in [0, 0.1) is 12.3 Å². The van der Waals surface area contributed by atoms with Gasteiger partial charge in [-0.1, -0.05) is 5.92 Å². The number of thioether (sulfide) groups is 2. The molecule has 1 atom stereocenters. The lowest BCUT2D eigenvalue weighted by Gasteiger charge is -2.23. The van der Waals surface area contributed by atoms with Crippen LogP contribution >= 0.6 is 23.5 Å². The van der Waals surface area contributed by atoms with Crippen molar-refractivity contribution in [3.05, 3.63) is 0 Å². The fourth-order valence-corrected chi connectivity index (χ4v) is 4.05. The Labute approximate surface area is 115 Å². The zero-order chi connectivity index (χ0) is 13.4. The van der Waals surface area contributed by atoms with Gasteiger partial charge in [-0.25, -0.2) is 4.79 Å². The summed E-state index contributed by atoms with van der Waals surface area (Å²) in [5.74, 6) is 4.47. The number of rotatable bonds is 5. The first kappa shape index (κ1) is 15.1. The minimum atomic E-state index is -1.07. The molecule has 2 amide bonds. The molecule has 18 heavy (non-hydrogen) atoms. The molecule has 1 fully saturated rings. The van der Waals surface area contributed by atoms with Crippen molar-refractivity contribution >= 4 is 35.5 Å². The van der Waals surface area contributed by atoms with E-state index in [2.05, 4.69) is 11.2 Å². The number of hydrogen-bond donors (Lipinski definition) is 2. The molecule has 1 aliphatic rings. The van der Waals surface area contributed by atoms with E-state index < -0.39 is 12.0 Å². The molecule has 0 saturated carbocycles. The molecule has 7 heteroatoms. The molecule has 1 saturated heterocycles. The van der Waals surface area contributed by atoms with Gasteiger partial charge in [0.05, 0.1) is 6.54 Å². The summed E-state index contributed by atoms with van der Waals surface area (Å²) in [7, 11) is 0. The van der Waals surface area contributed by atoms with E-state index in [1.807, 2.05) is 23.5 Å². The van der Waals surface area contributed by atoms with E-state index in [0.29, 0.717) is 11.8 Å². The number of carbonyl (C=O) groups excluding carboxylic acids is 1. The molecule has 0 aromatic heterocycles. The van der Waals surface area contributed by atoms with Crippen LogP contribution in [-0.2, 0) is 4.79 Å². The molecule has 0 radical (unpaired) electrons. The third kappa shape index (κ3) is 5.56. The van der Waals surface area contributed by atoms with Gasteiger partial charge in [0.25, 0.3) is 0 Å². The Kier molecular flexibility index (Phi) is 6.83. The molecule has 0 aromatic rings. The van der Waals surface area contributed by atoms with Gasteiger partial charge in [0.2, 0.25) is 0 Å². The highest BCUT2D eigenvalue weighted by atomic mass is 32.2. The standard InChI is InChI=1S/C11H16N2O3S2/c1-2-3-13(7-10(14)15)11(16)12-6-9-8-17-4-5-18-9/h1,9H,3-8H2,(H,12,16)(H,14,15). The lowest BCUT2D eigenvalue weighted by molar-refractivity contribution is -0.137. The highest BCUT2D eigenvalue weighted by Gasteiger charge is 2.19. The second kappa shape index (κ2) is 8.16. The van der Waals surface area contributed by atoms with Gasteiger partial charge in [-0.3, -0.25) is 4.79 Å². The van der Waals surface area contributed by atoms with Crippen molar-refractivity contribution in [2.24, 2.45) is 0 Å². The largest absolute Gasteiger partial charge is 0.480 e. The number of carboxylic acids is 1. The maximum atomic E-state index is 11.8. The third-order valence-corrected chi connectivity index (χ3v) is 5.11. The summed E-state index contributed by atoms with van der Waals surface area (Å²) in [5, 5.41) is 11.8. The van der Waals surface area contributed by atoms with Crippen molar-refractivity contribution in [2.75, 3.05) is 36.9 Å². The van der Waals surface area contributed by atoms with E-state index in [-0.39, 0.29) is 13.1 Å². The molecule has 1 heterocycles. The molecule has 2 N–H and O–H groups in total. The van der Waals surface area contributed by atoms with Gasteiger partial charge < -0.3 is 15.3 Å². The lowest BCUT2D eigenvalue weighted by Crippen LogP contribution is -2.45. The van der Waals surface area contributed by atoms with Crippen LogP contribution in [0.15, 0.2) is 0 Å². The van der Waals surface area contributed by atoms with Crippen LogP contribution in [0.3, 0.4) is 0 Å². The van der Waals surface area contributed by atoms with Crippen molar-refractivity contribution in [3.63, 3.8) is 0 Å². The average Bonchev–Trinajstić information content (AvgIpc) is 2.36. The summed E-state index contributed by atoms with van der Waals surface area (Å²) in [6.07, 6.45) is 5.11. The number of amides is 2. The summed E-state index contributed by atoms with van der Waals surface area (Å²) in [4.78, 5) is 23.5. The summed E-state index contributed by atoms with van der Waals surface area (Å²) >= 11 is 3.71. The van der Waals surface area contributed by atoms with Crippen LogP contribution in [0.4, 0.5) is 4.79 Å². The minimum Gasteiger partial charge on any atom is -0.480 e. The van der Waals surface area contributed by atoms with Crippen LogP contribution in [0.25, 0.3) is 0 Å². The van der Waals surface area contributed by atoms with Gasteiger partial charge in [-0.2, -0.15) is 23.5 Å². The zero-order valence-electron chi connectivity index (χ0n) is 9.92. The van der Waals surface area contributed by atoms with Crippen molar-refractivity contribution in [2.45, 2.75) is 5.25 Å². The van der Waals surface area contributed by atoms with Gasteiger partial charge >= 0.3 is 12.0 Å². The predicted molar refractivity (Wildman–Crippen MR) is 75.0 cm³/mol. The first-order valence-corrected chi connectivity index (χ1v) is 7.71. The molecule has 1 aliphatic heterocycles. The highest BCUT2D eigenvalue weighted by molar-refractivity contribution is 8.06. The smallest absolute Gasteiger partial charge is 0.323 e. The summed E-state index contributed by atoms with van der Waals surface area (Å²) < 4.78 is 0. The molecule has 1 rings (SSSR count). The minimum absolute atomic E-state index is 0.00466. The molecule has 0 bridgehead atoms. The second-order valence-corrected chi connectivity index (χ2v) is 6.27. The monoisotopic (exact) mass is 288 g/mol. The van der Waals surface area contributed by atoms with Gasteiger partial charge in [-0.05, 0) is 0 Å². The van der Waals surface area contributed by atoms with Crippen molar-refractivity contribution in [1.82, 2.24) is 10.2 Å². The summed E-state index contributed by atoms with van der Waals surface area (Å²) in [6, 6.07) is -0.411. The Morgan fingerprint density at radius 1 is 1.50 bits per heavy atom. The fraction of sp³-hybridized carbons (Fsp3) is 0.636. The van der Waals surface area contributed by atoms with Gasteiger partial charge in [0, 0.05) is 29.1 Å². The lowest BCUT2D eigenvalue weighted by atomic mass is 10.4. The molecule has 100 valence electrons. The van der Waals surface area contributed by atoms with E-state index in [4.69, 9.17) is 11.5 Å². The zero-order valence-corrected chi connectivity index (χ0v) is 11.6. The topological polar surface area (TPSA) is 69.6 Å².